The van der Waals surface area contributed by atoms with Crippen molar-refractivity contribution in [2.45, 2.75) is 63.6 Å². The smallest absolute Gasteiger partial charge is 0.248 e. The zero-order valence-corrected chi connectivity index (χ0v) is 11.7. The lowest BCUT2D eigenvalue weighted by atomic mass is 9.93. The minimum atomic E-state index is 0.145. The summed E-state index contributed by atoms with van der Waals surface area (Å²) in [5.74, 6) is 0.145. The first-order valence-corrected chi connectivity index (χ1v) is 7.31. The Morgan fingerprint density at radius 3 is 2.44 bits per heavy atom. The van der Waals surface area contributed by atoms with Gasteiger partial charge in [0.15, 0.2) is 0 Å². The minimum absolute atomic E-state index is 0.145. The first kappa shape index (κ1) is 13.8. The third-order valence-corrected chi connectivity index (χ3v) is 4.10. The molecule has 0 unspecified atom stereocenters. The molecule has 4 nitrogen and oxygen atoms in total. The number of ether oxygens (including phenoxy) is 1. The van der Waals surface area contributed by atoms with E-state index >= 15 is 0 Å². The number of hydrogen-bond acceptors (Lipinski definition) is 3. The van der Waals surface area contributed by atoms with Gasteiger partial charge in [0.25, 0.3) is 0 Å². The van der Waals surface area contributed by atoms with E-state index in [-0.39, 0.29) is 18.6 Å². The Balaban J connectivity index is 1.61. The van der Waals surface area contributed by atoms with Crippen LogP contribution >= 0.6 is 0 Å². The Labute approximate surface area is 110 Å². The SMILES string of the molecule is CCNC1CCC(OCC(=O)N(C)C2CC2)CC1. The Morgan fingerprint density at radius 1 is 1.22 bits per heavy atom. The fourth-order valence-electron chi connectivity index (χ4n) is 2.68. The highest BCUT2D eigenvalue weighted by Gasteiger charge is 2.30. The van der Waals surface area contributed by atoms with Crippen molar-refractivity contribution in [1.82, 2.24) is 10.2 Å². The van der Waals surface area contributed by atoms with Gasteiger partial charge >= 0.3 is 0 Å². The molecule has 0 atom stereocenters. The largest absolute Gasteiger partial charge is 0.368 e. The van der Waals surface area contributed by atoms with Crippen molar-refractivity contribution in [3.8, 4) is 0 Å². The molecule has 0 spiro atoms. The van der Waals surface area contributed by atoms with Gasteiger partial charge in [-0.25, -0.2) is 0 Å². The molecule has 104 valence electrons. The van der Waals surface area contributed by atoms with Crippen molar-refractivity contribution >= 4 is 5.91 Å². The normalized spacial score (nSPS) is 28.1. The molecule has 0 aromatic carbocycles. The highest BCUT2D eigenvalue weighted by Crippen LogP contribution is 2.26. The lowest BCUT2D eigenvalue weighted by molar-refractivity contribution is -0.138. The minimum Gasteiger partial charge on any atom is -0.368 e. The molecule has 2 aliphatic carbocycles. The number of carbonyl (C=O) groups is 1. The standard InChI is InChI=1S/C14H26N2O2/c1-3-15-11-4-8-13(9-5-11)18-10-14(17)16(2)12-6-7-12/h11-13,15H,3-10H2,1-2H3. The highest BCUT2D eigenvalue weighted by atomic mass is 16.5. The summed E-state index contributed by atoms with van der Waals surface area (Å²) < 4.78 is 5.75. The van der Waals surface area contributed by atoms with E-state index in [2.05, 4.69) is 12.2 Å². The molecule has 0 aliphatic heterocycles. The van der Waals surface area contributed by atoms with Gasteiger partial charge in [0.2, 0.25) is 5.91 Å². The van der Waals surface area contributed by atoms with Crippen LogP contribution in [0.2, 0.25) is 0 Å². The highest BCUT2D eigenvalue weighted by molar-refractivity contribution is 5.77. The molecule has 1 amide bonds. The van der Waals surface area contributed by atoms with Crippen molar-refractivity contribution < 1.29 is 9.53 Å². The topological polar surface area (TPSA) is 41.6 Å². The van der Waals surface area contributed by atoms with E-state index in [1.807, 2.05) is 11.9 Å². The van der Waals surface area contributed by atoms with Crippen molar-refractivity contribution in [2.75, 3.05) is 20.2 Å². The van der Waals surface area contributed by atoms with Crippen LogP contribution in [0.4, 0.5) is 0 Å². The van der Waals surface area contributed by atoms with Crippen LogP contribution in [0.15, 0.2) is 0 Å². The molecule has 18 heavy (non-hydrogen) atoms. The Bertz CT molecular complexity index is 271. The van der Waals surface area contributed by atoms with Gasteiger partial charge in [0.1, 0.15) is 6.61 Å². The molecule has 0 heterocycles. The van der Waals surface area contributed by atoms with Crippen LogP contribution in [0.1, 0.15) is 45.4 Å². The summed E-state index contributed by atoms with van der Waals surface area (Å²) in [5.41, 5.74) is 0. The van der Waals surface area contributed by atoms with Gasteiger partial charge < -0.3 is 15.0 Å². The van der Waals surface area contributed by atoms with Gasteiger partial charge in [0, 0.05) is 19.1 Å². The summed E-state index contributed by atoms with van der Waals surface area (Å²) >= 11 is 0. The van der Waals surface area contributed by atoms with Crippen LogP contribution in [0.25, 0.3) is 0 Å². The average Bonchev–Trinajstić information content (AvgIpc) is 3.21. The molecule has 1 N–H and O–H groups in total. The predicted molar refractivity (Wildman–Crippen MR) is 71.5 cm³/mol. The Morgan fingerprint density at radius 2 is 1.89 bits per heavy atom. The number of hydrogen-bond donors (Lipinski definition) is 1. The number of amides is 1. The summed E-state index contributed by atoms with van der Waals surface area (Å²) in [4.78, 5) is 13.7. The van der Waals surface area contributed by atoms with E-state index < -0.39 is 0 Å². The fraction of sp³-hybridized carbons (Fsp3) is 0.929. The number of carbonyl (C=O) groups excluding carboxylic acids is 1. The molecule has 0 bridgehead atoms. The summed E-state index contributed by atoms with van der Waals surface area (Å²) in [6.07, 6.45) is 7.12. The molecule has 0 aromatic rings. The van der Waals surface area contributed by atoms with E-state index in [0.29, 0.717) is 12.1 Å². The van der Waals surface area contributed by atoms with E-state index in [1.54, 1.807) is 0 Å². The Kier molecular flexibility index (Phi) is 5.01. The van der Waals surface area contributed by atoms with Crippen molar-refractivity contribution in [1.29, 1.82) is 0 Å². The monoisotopic (exact) mass is 254 g/mol. The first-order chi connectivity index (χ1) is 8.70. The van der Waals surface area contributed by atoms with Crippen LogP contribution in [-0.4, -0.2) is 49.2 Å². The lowest BCUT2D eigenvalue weighted by Gasteiger charge is -2.29. The molecule has 2 saturated carbocycles. The number of likely N-dealkylation sites (N-methyl/N-ethyl adjacent to an activating group) is 1. The van der Waals surface area contributed by atoms with Crippen LogP contribution in [0, 0.1) is 0 Å². The van der Waals surface area contributed by atoms with E-state index in [9.17, 15) is 4.79 Å². The second-order valence-corrected chi connectivity index (χ2v) is 5.58. The zero-order chi connectivity index (χ0) is 13.0. The van der Waals surface area contributed by atoms with E-state index in [1.165, 1.54) is 12.8 Å². The van der Waals surface area contributed by atoms with E-state index in [0.717, 1.165) is 32.2 Å². The molecule has 2 rings (SSSR count). The number of rotatable bonds is 6. The first-order valence-electron chi connectivity index (χ1n) is 7.31. The van der Waals surface area contributed by atoms with Gasteiger partial charge in [0.05, 0.1) is 6.10 Å². The third kappa shape index (κ3) is 3.95. The number of nitrogens with one attached hydrogen (secondary N) is 1. The maximum absolute atomic E-state index is 11.8. The molecule has 0 aromatic heterocycles. The summed E-state index contributed by atoms with van der Waals surface area (Å²) in [6.45, 7) is 3.46. The maximum Gasteiger partial charge on any atom is 0.248 e. The van der Waals surface area contributed by atoms with Crippen LogP contribution in [0.3, 0.4) is 0 Å². The molecule has 4 heteroatoms. The second-order valence-electron chi connectivity index (χ2n) is 5.58. The summed E-state index contributed by atoms with van der Waals surface area (Å²) in [5, 5.41) is 3.48. The predicted octanol–water partition coefficient (Wildman–Crippen LogP) is 1.54. The average molecular weight is 254 g/mol. The molecule has 0 radical (unpaired) electrons. The van der Waals surface area contributed by atoms with E-state index in [4.69, 9.17) is 4.74 Å². The van der Waals surface area contributed by atoms with Crippen LogP contribution in [-0.2, 0) is 9.53 Å². The van der Waals surface area contributed by atoms with Gasteiger partial charge in [-0.05, 0) is 45.1 Å². The van der Waals surface area contributed by atoms with Crippen LogP contribution < -0.4 is 5.32 Å². The lowest BCUT2D eigenvalue weighted by Crippen LogP contribution is -2.37. The molecule has 2 aliphatic rings. The number of nitrogens with zero attached hydrogens (tertiary/aromatic N) is 1. The zero-order valence-electron chi connectivity index (χ0n) is 11.7. The van der Waals surface area contributed by atoms with Crippen LogP contribution in [0.5, 0.6) is 0 Å². The van der Waals surface area contributed by atoms with Crippen molar-refractivity contribution in [3.63, 3.8) is 0 Å². The fourth-order valence-corrected chi connectivity index (χ4v) is 2.68. The van der Waals surface area contributed by atoms with Gasteiger partial charge in [-0.3, -0.25) is 4.79 Å². The summed E-state index contributed by atoms with van der Waals surface area (Å²) in [7, 11) is 1.89. The third-order valence-electron chi connectivity index (χ3n) is 4.10. The summed E-state index contributed by atoms with van der Waals surface area (Å²) in [6, 6.07) is 1.14. The Hall–Kier alpha value is -0.610. The van der Waals surface area contributed by atoms with Crippen molar-refractivity contribution in [2.24, 2.45) is 0 Å². The molecule has 2 fully saturated rings. The van der Waals surface area contributed by atoms with Gasteiger partial charge in [-0.15, -0.1) is 0 Å². The second kappa shape index (κ2) is 6.53. The van der Waals surface area contributed by atoms with Gasteiger partial charge in [-0.1, -0.05) is 6.92 Å². The molecular weight excluding hydrogens is 228 g/mol. The van der Waals surface area contributed by atoms with Gasteiger partial charge in [-0.2, -0.15) is 0 Å². The molecular formula is C14H26N2O2. The maximum atomic E-state index is 11.8. The molecule has 0 saturated heterocycles. The van der Waals surface area contributed by atoms with Crippen molar-refractivity contribution in [3.05, 3.63) is 0 Å². The quantitative estimate of drug-likeness (QED) is 0.782.